The monoisotopic (exact) mass is 246 g/mol. The van der Waals surface area contributed by atoms with Crippen LogP contribution in [0.2, 0.25) is 0 Å². The molecule has 0 saturated carbocycles. The minimum atomic E-state index is 1.41. The number of thiophene rings is 2. The summed E-state index contributed by atoms with van der Waals surface area (Å²) in [7, 11) is 0. The Bertz CT molecular complexity index is 637. The van der Waals surface area contributed by atoms with Crippen LogP contribution in [0.25, 0.3) is 20.2 Å². The summed E-state index contributed by atoms with van der Waals surface area (Å²) in [5.74, 6) is 0. The second kappa shape index (κ2) is 3.31. The summed E-state index contributed by atoms with van der Waals surface area (Å²) in [6.45, 7) is 8.89. The van der Waals surface area contributed by atoms with Gasteiger partial charge in [0.2, 0.25) is 0 Å². The van der Waals surface area contributed by atoms with Gasteiger partial charge < -0.3 is 0 Å². The smallest absolute Gasteiger partial charge is 0.0526 e. The standard InChI is InChI=1S/C14H14S2/c1-7-5-11-9(3)10(4)12-6-8(2)16-14(12)13(11)15-7/h5-6H,1-4H3. The minimum Gasteiger partial charge on any atom is -0.139 e. The summed E-state index contributed by atoms with van der Waals surface area (Å²) in [4.78, 5) is 2.83. The van der Waals surface area contributed by atoms with Crippen molar-refractivity contribution in [2.45, 2.75) is 27.7 Å². The van der Waals surface area contributed by atoms with E-state index < -0.39 is 0 Å². The number of fused-ring (bicyclic) bond motifs is 3. The Morgan fingerprint density at radius 1 is 0.688 bits per heavy atom. The summed E-state index contributed by atoms with van der Waals surface area (Å²) in [6, 6.07) is 4.66. The van der Waals surface area contributed by atoms with Crippen molar-refractivity contribution >= 4 is 42.8 Å². The number of benzene rings is 1. The van der Waals surface area contributed by atoms with Crippen molar-refractivity contribution in [1.82, 2.24) is 0 Å². The number of aryl methyl sites for hydroxylation is 4. The molecule has 0 fully saturated rings. The first-order valence-electron chi connectivity index (χ1n) is 5.47. The fraction of sp³-hybridized carbons (Fsp3) is 0.286. The molecular formula is C14H14S2. The highest BCUT2D eigenvalue weighted by Crippen LogP contribution is 2.41. The van der Waals surface area contributed by atoms with Gasteiger partial charge in [-0.2, -0.15) is 0 Å². The van der Waals surface area contributed by atoms with Gasteiger partial charge in [-0.1, -0.05) is 0 Å². The fourth-order valence-corrected chi connectivity index (χ4v) is 4.62. The molecule has 0 amide bonds. The van der Waals surface area contributed by atoms with Crippen LogP contribution in [0.1, 0.15) is 20.9 Å². The molecular weight excluding hydrogens is 232 g/mol. The van der Waals surface area contributed by atoms with Crippen molar-refractivity contribution in [3.63, 3.8) is 0 Å². The number of hydrogen-bond donors (Lipinski definition) is 0. The normalized spacial score (nSPS) is 11.8. The van der Waals surface area contributed by atoms with E-state index in [4.69, 9.17) is 0 Å². The van der Waals surface area contributed by atoms with Gasteiger partial charge in [0.25, 0.3) is 0 Å². The molecule has 0 unspecified atom stereocenters. The van der Waals surface area contributed by atoms with Gasteiger partial charge in [-0.05, 0) is 61.7 Å². The lowest BCUT2D eigenvalue weighted by Crippen LogP contribution is -1.81. The van der Waals surface area contributed by atoms with Crippen LogP contribution in [0, 0.1) is 27.7 Å². The van der Waals surface area contributed by atoms with Crippen LogP contribution in [0.3, 0.4) is 0 Å². The lowest BCUT2D eigenvalue weighted by molar-refractivity contribution is 1.42. The molecule has 82 valence electrons. The zero-order valence-corrected chi connectivity index (χ0v) is 11.6. The van der Waals surface area contributed by atoms with E-state index in [-0.39, 0.29) is 0 Å². The molecule has 1 aromatic carbocycles. The Labute approximate surface area is 104 Å². The molecule has 0 aliphatic carbocycles. The third kappa shape index (κ3) is 1.26. The van der Waals surface area contributed by atoms with Crippen LogP contribution in [0.15, 0.2) is 12.1 Å². The molecule has 3 rings (SSSR count). The molecule has 0 aliphatic heterocycles. The molecule has 0 bridgehead atoms. The maximum absolute atomic E-state index is 2.33. The van der Waals surface area contributed by atoms with Crippen molar-refractivity contribution < 1.29 is 0 Å². The summed E-state index contributed by atoms with van der Waals surface area (Å²) < 4.78 is 2.96. The van der Waals surface area contributed by atoms with Crippen LogP contribution < -0.4 is 0 Å². The molecule has 0 radical (unpaired) electrons. The second-order valence-electron chi connectivity index (χ2n) is 4.45. The van der Waals surface area contributed by atoms with Gasteiger partial charge in [0, 0.05) is 9.75 Å². The molecule has 0 saturated heterocycles. The molecule has 2 heterocycles. The van der Waals surface area contributed by atoms with Gasteiger partial charge in [-0.25, -0.2) is 0 Å². The van der Waals surface area contributed by atoms with E-state index in [2.05, 4.69) is 39.8 Å². The van der Waals surface area contributed by atoms with E-state index in [0.29, 0.717) is 0 Å². The van der Waals surface area contributed by atoms with E-state index in [0.717, 1.165) is 0 Å². The van der Waals surface area contributed by atoms with Crippen molar-refractivity contribution in [2.75, 3.05) is 0 Å². The van der Waals surface area contributed by atoms with Gasteiger partial charge in [0.05, 0.1) is 9.40 Å². The van der Waals surface area contributed by atoms with Crippen molar-refractivity contribution in [1.29, 1.82) is 0 Å². The van der Waals surface area contributed by atoms with Gasteiger partial charge >= 0.3 is 0 Å². The first-order valence-corrected chi connectivity index (χ1v) is 7.10. The average molecular weight is 246 g/mol. The maximum Gasteiger partial charge on any atom is 0.0526 e. The van der Waals surface area contributed by atoms with E-state index in [1.165, 1.54) is 41.1 Å². The molecule has 3 aromatic rings. The average Bonchev–Trinajstić information content (AvgIpc) is 2.78. The molecule has 2 heteroatoms. The van der Waals surface area contributed by atoms with Crippen LogP contribution in [-0.4, -0.2) is 0 Å². The highest BCUT2D eigenvalue weighted by atomic mass is 32.1. The van der Waals surface area contributed by atoms with E-state index >= 15 is 0 Å². The Kier molecular flexibility index (Phi) is 2.13. The second-order valence-corrected chi connectivity index (χ2v) is 6.96. The number of rotatable bonds is 0. The molecule has 16 heavy (non-hydrogen) atoms. The summed E-state index contributed by atoms with van der Waals surface area (Å²) in [5.41, 5.74) is 2.90. The Morgan fingerprint density at radius 2 is 1.06 bits per heavy atom. The third-order valence-electron chi connectivity index (χ3n) is 3.29. The Hall–Kier alpha value is -0.860. The van der Waals surface area contributed by atoms with Crippen molar-refractivity contribution in [3.8, 4) is 0 Å². The Morgan fingerprint density at radius 3 is 1.44 bits per heavy atom. The van der Waals surface area contributed by atoms with Crippen LogP contribution in [0.4, 0.5) is 0 Å². The zero-order valence-electron chi connectivity index (χ0n) is 9.97. The first kappa shape index (κ1) is 10.3. The zero-order chi connectivity index (χ0) is 11.4. The molecule has 0 spiro atoms. The van der Waals surface area contributed by atoms with E-state index in [9.17, 15) is 0 Å². The minimum absolute atomic E-state index is 1.41. The lowest BCUT2D eigenvalue weighted by atomic mass is 10.0. The van der Waals surface area contributed by atoms with Gasteiger partial charge in [-0.15, -0.1) is 22.7 Å². The quantitative estimate of drug-likeness (QED) is 0.501. The highest BCUT2D eigenvalue weighted by molar-refractivity contribution is 7.27. The lowest BCUT2D eigenvalue weighted by Gasteiger charge is -2.04. The maximum atomic E-state index is 2.33. The van der Waals surface area contributed by atoms with E-state index in [1.807, 2.05) is 22.7 Å². The van der Waals surface area contributed by atoms with Crippen LogP contribution >= 0.6 is 22.7 Å². The fourth-order valence-electron chi connectivity index (χ4n) is 2.33. The predicted molar refractivity (Wildman–Crippen MR) is 76.2 cm³/mol. The van der Waals surface area contributed by atoms with Crippen molar-refractivity contribution in [2.24, 2.45) is 0 Å². The van der Waals surface area contributed by atoms with E-state index in [1.54, 1.807) is 0 Å². The topological polar surface area (TPSA) is 0 Å². The summed E-state index contributed by atoms with van der Waals surface area (Å²) in [6.07, 6.45) is 0. The Balaban J connectivity index is 2.66. The van der Waals surface area contributed by atoms with Gasteiger partial charge in [0.1, 0.15) is 0 Å². The molecule has 2 aromatic heterocycles. The summed E-state index contributed by atoms with van der Waals surface area (Å²) >= 11 is 3.86. The van der Waals surface area contributed by atoms with Gasteiger partial charge in [0.15, 0.2) is 0 Å². The first-order chi connectivity index (χ1) is 7.58. The molecule has 0 aliphatic rings. The van der Waals surface area contributed by atoms with Crippen LogP contribution in [0.5, 0.6) is 0 Å². The number of hydrogen-bond acceptors (Lipinski definition) is 2. The molecule has 0 N–H and O–H groups in total. The summed E-state index contributed by atoms with van der Waals surface area (Å²) in [5, 5.41) is 2.91. The molecule has 0 nitrogen and oxygen atoms in total. The molecule has 0 atom stereocenters. The predicted octanol–water partition coefficient (Wildman–Crippen LogP) is 5.35. The highest BCUT2D eigenvalue weighted by Gasteiger charge is 2.12. The largest absolute Gasteiger partial charge is 0.139 e. The van der Waals surface area contributed by atoms with Gasteiger partial charge in [-0.3, -0.25) is 0 Å². The third-order valence-corrected chi connectivity index (χ3v) is 5.55. The van der Waals surface area contributed by atoms with Crippen molar-refractivity contribution in [3.05, 3.63) is 33.0 Å². The SMILES string of the molecule is Cc1cc2c(C)c(C)c3cc(C)sc3c2s1. The van der Waals surface area contributed by atoms with Crippen LogP contribution in [-0.2, 0) is 0 Å².